The third kappa shape index (κ3) is 4.15. The first kappa shape index (κ1) is 15.7. The lowest BCUT2D eigenvalue weighted by Gasteiger charge is -2.03. The highest BCUT2D eigenvalue weighted by atomic mass is 16.5. The summed E-state index contributed by atoms with van der Waals surface area (Å²) in [5, 5.41) is 4.28. The number of aromatic nitrogens is 4. The minimum atomic E-state index is -0.423. The van der Waals surface area contributed by atoms with Gasteiger partial charge in [0, 0.05) is 29.6 Å². The highest BCUT2D eigenvalue weighted by Gasteiger charge is 2.07. The van der Waals surface area contributed by atoms with Gasteiger partial charge in [0.1, 0.15) is 6.33 Å². The molecule has 2 heterocycles. The molecule has 0 unspecified atom stereocenters. The minimum Gasteiger partial charge on any atom is -0.481 e. The second-order valence-electron chi connectivity index (χ2n) is 4.89. The second kappa shape index (κ2) is 6.84. The van der Waals surface area contributed by atoms with Gasteiger partial charge in [0.25, 0.3) is 0 Å². The molecule has 0 N–H and O–H groups in total. The van der Waals surface area contributed by atoms with Gasteiger partial charge >= 0.3 is 5.97 Å². The number of rotatable bonds is 5. The van der Waals surface area contributed by atoms with E-state index in [0.29, 0.717) is 11.7 Å². The van der Waals surface area contributed by atoms with Gasteiger partial charge in [0.05, 0.1) is 13.2 Å². The zero-order valence-corrected chi connectivity index (χ0v) is 13.0. The molecule has 7 nitrogen and oxygen atoms in total. The van der Waals surface area contributed by atoms with E-state index in [-0.39, 0.29) is 6.10 Å². The van der Waals surface area contributed by atoms with E-state index in [1.807, 2.05) is 13.0 Å². The van der Waals surface area contributed by atoms with Crippen molar-refractivity contribution >= 4 is 12.2 Å². The molecule has 116 valence electrons. The number of hydrogen-bond donors (Lipinski definition) is 0. The van der Waals surface area contributed by atoms with Crippen molar-refractivity contribution in [1.82, 2.24) is 19.7 Å². The third-order valence-electron chi connectivity index (χ3n) is 2.62. The number of ether oxygens (including phenoxy) is 2. The van der Waals surface area contributed by atoms with Crippen LogP contribution in [0.3, 0.4) is 0 Å². The van der Waals surface area contributed by atoms with E-state index in [1.54, 1.807) is 27.0 Å². The molecule has 0 saturated carbocycles. The van der Waals surface area contributed by atoms with Crippen molar-refractivity contribution in [3.63, 3.8) is 0 Å². The van der Waals surface area contributed by atoms with Gasteiger partial charge in [0.2, 0.25) is 5.88 Å². The number of aryl methyl sites for hydroxylation is 1. The van der Waals surface area contributed by atoms with E-state index in [4.69, 9.17) is 9.47 Å². The van der Waals surface area contributed by atoms with Gasteiger partial charge in [0.15, 0.2) is 5.82 Å². The molecule has 2 rings (SSSR count). The van der Waals surface area contributed by atoms with Gasteiger partial charge in [-0.25, -0.2) is 19.4 Å². The summed E-state index contributed by atoms with van der Waals surface area (Å²) >= 11 is 0. The fraction of sp³-hybridized carbons (Fsp3) is 0.333. The number of pyridine rings is 1. The number of nitrogens with zero attached hydrogens (tertiary/aromatic N) is 4. The maximum Gasteiger partial charge on any atom is 0.332 e. The molecule has 0 atom stereocenters. The number of hydrogen-bond acceptors (Lipinski definition) is 6. The maximum absolute atomic E-state index is 11.4. The van der Waals surface area contributed by atoms with Crippen LogP contribution in [0.5, 0.6) is 5.88 Å². The summed E-state index contributed by atoms with van der Waals surface area (Å²) in [6.07, 6.45) is 4.15. The predicted octanol–water partition coefficient (Wildman–Crippen LogP) is 2.08. The summed E-state index contributed by atoms with van der Waals surface area (Å²) in [6.45, 7) is 5.45. The molecule has 22 heavy (non-hydrogen) atoms. The largest absolute Gasteiger partial charge is 0.481 e. The van der Waals surface area contributed by atoms with E-state index in [1.165, 1.54) is 23.3 Å². The van der Waals surface area contributed by atoms with E-state index in [0.717, 1.165) is 11.3 Å². The predicted molar refractivity (Wildman–Crippen MR) is 81.1 cm³/mol. The molecular formula is C15H18N4O3. The Labute approximate surface area is 128 Å². The Hall–Kier alpha value is -2.70. The molecule has 0 aliphatic heterocycles. The average Bonchev–Trinajstić information content (AvgIpc) is 2.92. The van der Waals surface area contributed by atoms with Crippen molar-refractivity contribution < 1.29 is 14.3 Å². The molecule has 7 heteroatoms. The summed E-state index contributed by atoms with van der Waals surface area (Å²) in [4.78, 5) is 19.9. The van der Waals surface area contributed by atoms with Gasteiger partial charge in [-0.2, -0.15) is 0 Å². The van der Waals surface area contributed by atoms with E-state index in [9.17, 15) is 4.79 Å². The zero-order valence-electron chi connectivity index (χ0n) is 13.0. The smallest absolute Gasteiger partial charge is 0.332 e. The van der Waals surface area contributed by atoms with Gasteiger partial charge in [-0.1, -0.05) is 0 Å². The molecule has 0 amide bonds. The number of methoxy groups -OCH3 is 1. The average molecular weight is 302 g/mol. The first-order chi connectivity index (χ1) is 10.5. The highest BCUT2D eigenvalue weighted by Crippen LogP contribution is 2.20. The molecule has 0 spiro atoms. The van der Waals surface area contributed by atoms with Crippen LogP contribution in [0.25, 0.3) is 17.6 Å². The van der Waals surface area contributed by atoms with Crippen LogP contribution in [0.4, 0.5) is 0 Å². The topological polar surface area (TPSA) is 79.1 Å². The first-order valence-corrected chi connectivity index (χ1v) is 6.81. The molecular weight excluding hydrogens is 284 g/mol. The molecule has 0 saturated heterocycles. The van der Waals surface area contributed by atoms with Crippen LogP contribution < -0.4 is 4.74 Å². The van der Waals surface area contributed by atoms with Crippen molar-refractivity contribution in [2.45, 2.75) is 26.9 Å². The SMILES string of the molecule is COc1cc(-c2ncn(C=CC(=O)OC(C)C)n2)cc(C)n1. The van der Waals surface area contributed by atoms with Crippen LogP contribution in [0.1, 0.15) is 19.5 Å². The van der Waals surface area contributed by atoms with Crippen LogP contribution in [0.2, 0.25) is 0 Å². The number of carbonyl (C=O) groups is 1. The molecule has 0 bridgehead atoms. The fourth-order valence-electron chi connectivity index (χ4n) is 1.76. The normalized spacial score (nSPS) is 11.1. The summed E-state index contributed by atoms with van der Waals surface area (Å²) in [7, 11) is 1.56. The summed E-state index contributed by atoms with van der Waals surface area (Å²) in [5.74, 6) is 0.599. The Balaban J connectivity index is 2.16. The lowest BCUT2D eigenvalue weighted by Crippen LogP contribution is -2.08. The van der Waals surface area contributed by atoms with Crippen molar-refractivity contribution in [2.75, 3.05) is 7.11 Å². The number of carbonyl (C=O) groups excluding carboxylic acids is 1. The molecule has 2 aromatic rings. The van der Waals surface area contributed by atoms with Crippen LogP contribution in [-0.2, 0) is 9.53 Å². The van der Waals surface area contributed by atoms with E-state index >= 15 is 0 Å². The van der Waals surface area contributed by atoms with Crippen LogP contribution in [0.15, 0.2) is 24.5 Å². The lowest BCUT2D eigenvalue weighted by atomic mass is 10.2. The van der Waals surface area contributed by atoms with Gasteiger partial charge < -0.3 is 9.47 Å². The van der Waals surface area contributed by atoms with Crippen LogP contribution in [0, 0.1) is 6.92 Å². The molecule has 0 radical (unpaired) electrons. The molecule has 0 aliphatic carbocycles. The third-order valence-corrected chi connectivity index (χ3v) is 2.62. The summed E-state index contributed by atoms with van der Waals surface area (Å²) < 4.78 is 11.6. The van der Waals surface area contributed by atoms with Crippen LogP contribution >= 0.6 is 0 Å². The van der Waals surface area contributed by atoms with Gasteiger partial charge in [-0.05, 0) is 26.8 Å². The summed E-state index contributed by atoms with van der Waals surface area (Å²) in [5.41, 5.74) is 1.60. The Kier molecular flexibility index (Phi) is 4.88. The summed E-state index contributed by atoms with van der Waals surface area (Å²) in [6, 6.07) is 3.61. The van der Waals surface area contributed by atoms with Crippen molar-refractivity contribution in [1.29, 1.82) is 0 Å². The Morgan fingerprint density at radius 1 is 1.36 bits per heavy atom. The molecule has 0 aromatic carbocycles. The minimum absolute atomic E-state index is 0.157. The van der Waals surface area contributed by atoms with Crippen molar-refractivity contribution in [3.8, 4) is 17.3 Å². The fourth-order valence-corrected chi connectivity index (χ4v) is 1.76. The Morgan fingerprint density at radius 2 is 2.14 bits per heavy atom. The molecule has 0 fully saturated rings. The maximum atomic E-state index is 11.4. The van der Waals surface area contributed by atoms with Crippen molar-refractivity contribution in [2.24, 2.45) is 0 Å². The first-order valence-electron chi connectivity index (χ1n) is 6.81. The highest BCUT2D eigenvalue weighted by molar-refractivity contribution is 5.85. The van der Waals surface area contributed by atoms with Crippen molar-refractivity contribution in [3.05, 3.63) is 30.2 Å². The second-order valence-corrected chi connectivity index (χ2v) is 4.89. The monoisotopic (exact) mass is 302 g/mol. The van der Waals surface area contributed by atoms with Crippen LogP contribution in [-0.4, -0.2) is 38.9 Å². The Morgan fingerprint density at radius 3 is 2.82 bits per heavy atom. The number of esters is 1. The zero-order chi connectivity index (χ0) is 16.1. The lowest BCUT2D eigenvalue weighted by molar-refractivity contribution is -0.141. The van der Waals surface area contributed by atoms with Gasteiger partial charge in [-0.3, -0.25) is 0 Å². The molecule has 2 aromatic heterocycles. The van der Waals surface area contributed by atoms with E-state index in [2.05, 4.69) is 15.1 Å². The standard InChI is InChI=1S/C15H18N4O3/c1-10(2)22-14(20)5-6-19-9-16-15(18-19)12-7-11(3)17-13(8-12)21-4/h5-10H,1-4H3. The Bertz CT molecular complexity index is 692. The van der Waals surface area contributed by atoms with E-state index < -0.39 is 5.97 Å². The quantitative estimate of drug-likeness (QED) is 0.621. The molecule has 0 aliphatic rings. The van der Waals surface area contributed by atoms with Gasteiger partial charge in [-0.15, -0.1) is 5.10 Å².